The summed E-state index contributed by atoms with van der Waals surface area (Å²) in [7, 11) is 0. The topological polar surface area (TPSA) is 99.6 Å². The van der Waals surface area contributed by atoms with Crippen LogP contribution in [0.15, 0.2) is 101 Å². The first-order chi connectivity index (χ1) is 20.0. The van der Waals surface area contributed by atoms with E-state index < -0.39 is 29.7 Å². The molecule has 0 saturated carbocycles. The van der Waals surface area contributed by atoms with Crippen molar-refractivity contribution in [1.29, 1.82) is 0 Å². The third-order valence-electron chi connectivity index (χ3n) is 7.77. The standard InChI is InChI=1S/C33H30N2O6/c1-21-18-35(32(37)34-31(21)36)30-17-23(16-15-22-9-3-2-4-10-22)29(41-30)20-40-33(38)39-19-28-26-13-7-5-11-24(26)25-12-6-8-14-27(25)28/h2-16,18,23,28-30H,17,19-20H2,1H3,(H,34,36,37)/b16-15+/t23-,29+,30+/m0/s1. The average Bonchev–Trinajstić information content (AvgIpc) is 3.55. The molecule has 8 heteroatoms. The molecule has 0 spiro atoms. The maximum absolute atomic E-state index is 12.7. The van der Waals surface area contributed by atoms with Crippen LogP contribution in [0.25, 0.3) is 17.2 Å². The number of hydrogen-bond acceptors (Lipinski definition) is 6. The molecular weight excluding hydrogens is 520 g/mol. The van der Waals surface area contributed by atoms with Gasteiger partial charge in [0.25, 0.3) is 5.56 Å². The van der Waals surface area contributed by atoms with Gasteiger partial charge in [0, 0.05) is 30.0 Å². The van der Waals surface area contributed by atoms with Gasteiger partial charge in [-0.1, -0.05) is 91.0 Å². The van der Waals surface area contributed by atoms with Crippen molar-refractivity contribution in [3.63, 3.8) is 0 Å². The van der Waals surface area contributed by atoms with E-state index in [2.05, 4.69) is 29.2 Å². The van der Waals surface area contributed by atoms with E-state index in [1.807, 2.05) is 66.7 Å². The zero-order valence-electron chi connectivity index (χ0n) is 22.6. The molecule has 0 amide bonds. The molecule has 0 radical (unpaired) electrons. The zero-order valence-corrected chi connectivity index (χ0v) is 22.6. The molecule has 2 aliphatic rings. The van der Waals surface area contributed by atoms with Crippen molar-refractivity contribution in [3.05, 3.63) is 134 Å². The molecular formula is C33H30N2O6. The van der Waals surface area contributed by atoms with Crippen LogP contribution in [0, 0.1) is 12.8 Å². The number of hydrogen-bond donors (Lipinski definition) is 1. The average molecular weight is 551 g/mol. The zero-order chi connectivity index (χ0) is 28.3. The van der Waals surface area contributed by atoms with Crippen LogP contribution in [0.1, 0.15) is 40.8 Å². The fourth-order valence-corrected chi connectivity index (χ4v) is 5.67. The summed E-state index contributed by atoms with van der Waals surface area (Å²) in [5.74, 6) is -0.223. The Morgan fingerprint density at radius 3 is 2.27 bits per heavy atom. The largest absolute Gasteiger partial charge is 0.508 e. The number of carbonyl (C=O) groups is 1. The van der Waals surface area contributed by atoms with Gasteiger partial charge in [-0.2, -0.15) is 0 Å². The fourth-order valence-electron chi connectivity index (χ4n) is 5.67. The minimum Gasteiger partial charge on any atom is -0.433 e. The second kappa shape index (κ2) is 11.4. The fraction of sp³-hybridized carbons (Fsp3) is 0.242. The van der Waals surface area contributed by atoms with Gasteiger partial charge in [-0.3, -0.25) is 14.3 Å². The molecule has 41 heavy (non-hydrogen) atoms. The Labute approximate surface area is 236 Å². The third kappa shape index (κ3) is 5.51. The number of nitrogens with zero attached hydrogens (tertiary/aromatic N) is 1. The lowest BCUT2D eigenvalue weighted by atomic mass is 9.98. The van der Waals surface area contributed by atoms with Crippen LogP contribution in [-0.4, -0.2) is 35.0 Å². The lowest BCUT2D eigenvalue weighted by Crippen LogP contribution is -2.33. The molecule has 4 aromatic rings. The van der Waals surface area contributed by atoms with Gasteiger partial charge in [-0.25, -0.2) is 9.59 Å². The molecule has 208 valence electrons. The van der Waals surface area contributed by atoms with E-state index in [9.17, 15) is 14.4 Å². The number of H-pyrrole nitrogens is 1. The molecule has 1 N–H and O–H groups in total. The molecule has 1 aliphatic carbocycles. The van der Waals surface area contributed by atoms with Gasteiger partial charge in [-0.15, -0.1) is 0 Å². The van der Waals surface area contributed by atoms with Crippen LogP contribution < -0.4 is 11.2 Å². The number of fused-ring (bicyclic) bond motifs is 3. The Kier molecular flexibility index (Phi) is 7.39. The second-order valence-electron chi connectivity index (χ2n) is 10.4. The monoisotopic (exact) mass is 550 g/mol. The van der Waals surface area contributed by atoms with Crippen molar-refractivity contribution < 1.29 is 19.0 Å². The van der Waals surface area contributed by atoms with E-state index in [0.717, 1.165) is 27.8 Å². The first-order valence-electron chi connectivity index (χ1n) is 13.7. The van der Waals surface area contributed by atoms with Crippen LogP contribution in [0.4, 0.5) is 4.79 Å². The maximum Gasteiger partial charge on any atom is 0.508 e. The Morgan fingerprint density at radius 2 is 1.56 bits per heavy atom. The normalized spacial score (nSPS) is 19.7. The van der Waals surface area contributed by atoms with Gasteiger partial charge in [0.1, 0.15) is 25.5 Å². The molecule has 0 unspecified atom stereocenters. The van der Waals surface area contributed by atoms with Gasteiger partial charge >= 0.3 is 11.8 Å². The predicted molar refractivity (Wildman–Crippen MR) is 155 cm³/mol. The minimum absolute atomic E-state index is 0.0476. The van der Waals surface area contributed by atoms with Crippen molar-refractivity contribution in [2.45, 2.75) is 31.6 Å². The predicted octanol–water partition coefficient (Wildman–Crippen LogP) is 5.43. The van der Waals surface area contributed by atoms with Crippen LogP contribution in [0.5, 0.6) is 0 Å². The number of nitrogens with one attached hydrogen (secondary N) is 1. The highest BCUT2D eigenvalue weighted by atomic mass is 16.7. The quantitative estimate of drug-likeness (QED) is 0.308. The van der Waals surface area contributed by atoms with E-state index in [1.165, 1.54) is 10.8 Å². The number of carbonyl (C=O) groups excluding carboxylic acids is 1. The number of ether oxygens (including phenoxy) is 3. The molecule has 1 aromatic heterocycles. The highest BCUT2D eigenvalue weighted by Crippen LogP contribution is 2.44. The molecule has 3 atom stereocenters. The van der Waals surface area contributed by atoms with Crippen molar-refractivity contribution in [1.82, 2.24) is 9.55 Å². The van der Waals surface area contributed by atoms with E-state index in [0.29, 0.717) is 12.0 Å². The summed E-state index contributed by atoms with van der Waals surface area (Å²) in [6.07, 6.45) is 4.04. The summed E-state index contributed by atoms with van der Waals surface area (Å²) in [5, 5.41) is 0. The summed E-state index contributed by atoms with van der Waals surface area (Å²) in [6.45, 7) is 1.74. The molecule has 1 saturated heterocycles. The van der Waals surface area contributed by atoms with Gasteiger partial charge < -0.3 is 14.2 Å². The Morgan fingerprint density at radius 1 is 0.927 bits per heavy atom. The Balaban J connectivity index is 1.14. The summed E-state index contributed by atoms with van der Waals surface area (Å²) in [6, 6.07) is 26.1. The highest BCUT2D eigenvalue weighted by molar-refractivity contribution is 5.79. The highest BCUT2D eigenvalue weighted by Gasteiger charge is 2.36. The summed E-state index contributed by atoms with van der Waals surface area (Å²) >= 11 is 0. The summed E-state index contributed by atoms with van der Waals surface area (Å²) < 4.78 is 18.7. The molecule has 8 nitrogen and oxygen atoms in total. The van der Waals surface area contributed by atoms with E-state index in [4.69, 9.17) is 14.2 Å². The molecule has 1 aliphatic heterocycles. The molecule has 6 rings (SSSR count). The minimum atomic E-state index is -0.776. The summed E-state index contributed by atoms with van der Waals surface area (Å²) in [4.78, 5) is 39.5. The number of aryl methyl sites for hydroxylation is 1. The van der Waals surface area contributed by atoms with Crippen molar-refractivity contribution >= 4 is 12.2 Å². The lowest BCUT2D eigenvalue weighted by Gasteiger charge is -2.18. The molecule has 3 aromatic carbocycles. The molecule has 2 heterocycles. The lowest BCUT2D eigenvalue weighted by molar-refractivity contribution is -0.0446. The maximum atomic E-state index is 12.7. The molecule has 1 fully saturated rings. The molecule has 0 bridgehead atoms. The van der Waals surface area contributed by atoms with Crippen molar-refractivity contribution in [2.75, 3.05) is 13.2 Å². The third-order valence-corrected chi connectivity index (χ3v) is 7.77. The van der Waals surface area contributed by atoms with Crippen molar-refractivity contribution in [3.8, 4) is 11.1 Å². The Hall–Kier alpha value is -4.69. The van der Waals surface area contributed by atoms with Gasteiger partial charge in [0.05, 0.1) is 0 Å². The number of rotatable bonds is 7. The van der Waals surface area contributed by atoms with Gasteiger partial charge in [-0.05, 0) is 34.7 Å². The van der Waals surface area contributed by atoms with E-state index in [1.54, 1.807) is 6.92 Å². The number of aromatic amines is 1. The van der Waals surface area contributed by atoms with Gasteiger partial charge in [0.15, 0.2) is 0 Å². The van der Waals surface area contributed by atoms with Crippen LogP contribution in [0.3, 0.4) is 0 Å². The summed E-state index contributed by atoms with van der Waals surface area (Å²) in [5.41, 5.74) is 4.99. The van der Waals surface area contributed by atoms with E-state index >= 15 is 0 Å². The van der Waals surface area contributed by atoms with Crippen LogP contribution in [0.2, 0.25) is 0 Å². The Bertz CT molecular complexity index is 1660. The van der Waals surface area contributed by atoms with Crippen molar-refractivity contribution in [2.24, 2.45) is 5.92 Å². The first-order valence-corrected chi connectivity index (χ1v) is 13.7. The SMILES string of the molecule is Cc1cn([C@H]2C[C@H](/C=C/c3ccccc3)[C@@H](COC(=O)OCC3c4ccccc4-c4ccccc43)O2)c(=O)[nH]c1=O. The van der Waals surface area contributed by atoms with E-state index in [-0.39, 0.29) is 25.0 Å². The van der Waals surface area contributed by atoms with Crippen LogP contribution in [-0.2, 0) is 14.2 Å². The van der Waals surface area contributed by atoms with Crippen LogP contribution >= 0.6 is 0 Å². The number of aromatic nitrogens is 2. The van der Waals surface area contributed by atoms with Gasteiger partial charge in [0.2, 0.25) is 0 Å². The second-order valence-corrected chi connectivity index (χ2v) is 10.4. The first kappa shape index (κ1) is 26.5. The smallest absolute Gasteiger partial charge is 0.433 e. The number of benzene rings is 3.